The van der Waals surface area contributed by atoms with E-state index in [2.05, 4.69) is 82.4 Å². The van der Waals surface area contributed by atoms with E-state index in [1.54, 1.807) is 12.1 Å². The Balaban J connectivity index is 0.00000600. The van der Waals surface area contributed by atoms with E-state index in [1.807, 2.05) is 62.4 Å². The summed E-state index contributed by atoms with van der Waals surface area (Å²) in [5.74, 6) is 0. The number of anilines is 3. The molecule has 0 aromatic heterocycles. The van der Waals surface area contributed by atoms with Crippen LogP contribution in [0.5, 0.6) is 0 Å². The molecule has 0 bridgehead atoms. The fraction of sp³-hybridized carbons (Fsp3) is 0.159. The molecule has 282 valence electrons. The molecule has 5 aromatic carbocycles. The summed E-state index contributed by atoms with van der Waals surface area (Å²) in [4.78, 5) is 1.63. The molecule has 0 radical (unpaired) electrons. The maximum absolute atomic E-state index is 11.6. The Labute approximate surface area is 352 Å². The molecule has 56 heavy (non-hydrogen) atoms. The first-order valence-electron chi connectivity index (χ1n) is 17.9. The zero-order chi connectivity index (χ0) is 39.2. The molecule has 1 aliphatic rings. The van der Waals surface area contributed by atoms with E-state index in [9.17, 15) is 25.9 Å². The predicted octanol–water partition coefficient (Wildman–Crippen LogP) is 5.18. The largest absolute Gasteiger partial charge is 1.00 e. The van der Waals surface area contributed by atoms with Crippen LogP contribution in [0.25, 0.3) is 5.57 Å². The maximum atomic E-state index is 11.6. The number of allylic oxidation sites excluding steroid dienone is 5. The van der Waals surface area contributed by atoms with Gasteiger partial charge in [-0.25, -0.2) is 21.4 Å². The van der Waals surface area contributed by atoms with Crippen molar-refractivity contribution in [2.45, 2.75) is 43.7 Å². The minimum Gasteiger partial charge on any atom is -0.744 e. The van der Waals surface area contributed by atoms with E-state index in [0.29, 0.717) is 26.2 Å². The van der Waals surface area contributed by atoms with E-state index in [-0.39, 0.29) is 39.3 Å². The minimum absolute atomic E-state index is 0. The van der Waals surface area contributed by atoms with Gasteiger partial charge in [0.2, 0.25) is 0 Å². The quantitative estimate of drug-likeness (QED) is 0.0981. The Morgan fingerprint density at radius 3 is 1.68 bits per heavy atom. The van der Waals surface area contributed by atoms with Crippen LogP contribution in [0.15, 0.2) is 161 Å². The molecule has 0 saturated carbocycles. The molecule has 9 nitrogen and oxygen atoms in total. The number of hydrogen-bond donors (Lipinski definition) is 1. The molecule has 0 atom stereocenters. The number of rotatable bonds is 13. The van der Waals surface area contributed by atoms with E-state index in [4.69, 9.17) is 0 Å². The summed E-state index contributed by atoms with van der Waals surface area (Å²) >= 11 is 0. The van der Waals surface area contributed by atoms with Crippen molar-refractivity contribution in [3.63, 3.8) is 0 Å². The standard InChI is InChI=1S/C44H43N3O6S2.Na/c1-4-46(30-33-8-6-10-42(28-33)54(48,49)50)40-24-16-36(17-25-40)44(35-14-22-39(23-15-35)45-38-20-12-32(3)13-21-38)37-18-26-41(27-19-37)47(5-2)31-34-9-7-11-43(29-34)55(51,52)53;/h6-29H,4-5,30-31H2,1-3H3,(H2,48,49,50,51,52,53);/q;+1/p-1. The van der Waals surface area contributed by atoms with Crippen LogP contribution >= 0.6 is 0 Å². The average molecular weight is 796 g/mol. The van der Waals surface area contributed by atoms with Crippen LogP contribution in [-0.4, -0.2) is 49.3 Å². The predicted molar refractivity (Wildman–Crippen MR) is 217 cm³/mol. The summed E-state index contributed by atoms with van der Waals surface area (Å²) in [6.07, 6.45) is 8.24. The van der Waals surface area contributed by atoms with Crippen LogP contribution in [0.2, 0.25) is 0 Å². The van der Waals surface area contributed by atoms with Gasteiger partial charge in [0.1, 0.15) is 26.8 Å². The summed E-state index contributed by atoms with van der Waals surface area (Å²) in [5.41, 5.74) is 10.5. The molecule has 1 aliphatic carbocycles. The van der Waals surface area contributed by atoms with Crippen molar-refractivity contribution in [3.05, 3.63) is 179 Å². The molecule has 0 saturated heterocycles. The van der Waals surface area contributed by atoms with Crippen LogP contribution in [-0.2, 0) is 33.3 Å². The molecule has 0 aliphatic heterocycles. The van der Waals surface area contributed by atoms with Gasteiger partial charge >= 0.3 is 29.6 Å². The molecule has 0 fully saturated rings. The van der Waals surface area contributed by atoms with Gasteiger partial charge in [0.25, 0.3) is 0 Å². The molecule has 0 unspecified atom stereocenters. The second kappa shape index (κ2) is 18.6. The first-order valence-corrected chi connectivity index (χ1v) is 20.7. The first-order chi connectivity index (χ1) is 26.3. The van der Waals surface area contributed by atoms with Gasteiger partial charge in [0, 0.05) is 47.9 Å². The average Bonchev–Trinajstić information content (AvgIpc) is 3.18. The normalized spacial score (nSPS) is 12.6. The molecule has 0 amide bonds. The molecular formula is C44H42N3NaO6S2. The third-order valence-corrected chi connectivity index (χ3v) is 11.1. The Morgan fingerprint density at radius 1 is 0.661 bits per heavy atom. The Morgan fingerprint density at radius 2 is 1.16 bits per heavy atom. The van der Waals surface area contributed by atoms with Crippen molar-refractivity contribution in [1.29, 1.82) is 0 Å². The summed E-state index contributed by atoms with van der Waals surface area (Å²) in [7, 11) is -9.12. The fourth-order valence-corrected chi connectivity index (χ4v) is 7.59. The molecule has 12 heteroatoms. The van der Waals surface area contributed by atoms with Gasteiger partial charge in [0.05, 0.1) is 9.79 Å². The van der Waals surface area contributed by atoms with Gasteiger partial charge in [-0.2, -0.15) is 0 Å². The smallest absolute Gasteiger partial charge is 0.744 e. The number of nitrogens with zero attached hydrogens (tertiary/aromatic N) is 2. The maximum Gasteiger partial charge on any atom is 1.00 e. The van der Waals surface area contributed by atoms with E-state index in [0.717, 1.165) is 56.2 Å². The Kier molecular flexibility index (Phi) is 14.1. The number of aryl methyl sites for hydroxylation is 1. The van der Waals surface area contributed by atoms with Gasteiger partial charge in [-0.15, -0.1) is 0 Å². The van der Waals surface area contributed by atoms with E-state index in [1.165, 1.54) is 29.8 Å². The first kappa shape index (κ1) is 42.6. The Hall–Kier alpha value is -4.59. The summed E-state index contributed by atoms with van der Waals surface area (Å²) in [6, 6.07) is 37.1. The molecule has 6 rings (SSSR count). The number of benzene rings is 5. The SMILES string of the molecule is CCN(Cc1cccc(S(=O)(=O)[O-])c1)c1ccc(C(=C2C=CC(=[N+](CC)Cc3cccc(S(=O)(=O)[O-])c3)C=C2)c2ccc(Nc3ccc(C)cc3)cc2)cc1.[Na+]. The van der Waals surface area contributed by atoms with Gasteiger partial charge in [-0.05, 0) is 121 Å². The third-order valence-electron chi connectivity index (χ3n) is 9.44. The second-order valence-electron chi connectivity index (χ2n) is 13.3. The number of nitrogens with one attached hydrogen (secondary N) is 1. The summed E-state index contributed by atoms with van der Waals surface area (Å²) in [6.45, 7) is 8.28. The van der Waals surface area contributed by atoms with Crippen molar-refractivity contribution in [3.8, 4) is 0 Å². The zero-order valence-electron chi connectivity index (χ0n) is 31.8. The van der Waals surface area contributed by atoms with Gasteiger partial charge < -0.3 is 19.3 Å². The second-order valence-corrected chi connectivity index (χ2v) is 16.0. The van der Waals surface area contributed by atoms with E-state index >= 15 is 0 Å². The molecular weight excluding hydrogens is 754 g/mol. The monoisotopic (exact) mass is 795 g/mol. The topological polar surface area (TPSA) is 133 Å². The van der Waals surface area contributed by atoms with Crippen LogP contribution in [0.3, 0.4) is 0 Å². The summed E-state index contributed by atoms with van der Waals surface area (Å²) < 4.78 is 71.9. The van der Waals surface area contributed by atoms with E-state index < -0.39 is 20.2 Å². The van der Waals surface area contributed by atoms with Crippen molar-refractivity contribution in [2.24, 2.45) is 0 Å². The van der Waals surface area contributed by atoms with Crippen LogP contribution in [0.1, 0.15) is 41.7 Å². The fourth-order valence-electron chi connectivity index (χ4n) is 6.51. The van der Waals surface area contributed by atoms with Crippen molar-refractivity contribution in [2.75, 3.05) is 23.3 Å². The Bertz CT molecular complexity index is 2510. The van der Waals surface area contributed by atoms with Gasteiger partial charge in [-0.3, -0.25) is 0 Å². The molecule has 0 spiro atoms. The van der Waals surface area contributed by atoms with Crippen LogP contribution < -0.4 is 39.8 Å². The molecule has 5 aromatic rings. The van der Waals surface area contributed by atoms with Gasteiger partial charge in [0.15, 0.2) is 12.3 Å². The number of hydrogen-bond acceptors (Lipinski definition) is 8. The third kappa shape index (κ3) is 10.8. The zero-order valence-corrected chi connectivity index (χ0v) is 35.5. The van der Waals surface area contributed by atoms with Crippen molar-refractivity contribution >= 4 is 48.6 Å². The van der Waals surface area contributed by atoms with Gasteiger partial charge in [-0.1, -0.05) is 66.2 Å². The molecule has 1 N–H and O–H groups in total. The van der Waals surface area contributed by atoms with Crippen LogP contribution in [0.4, 0.5) is 17.1 Å². The minimum atomic E-state index is -4.56. The van der Waals surface area contributed by atoms with Crippen LogP contribution in [0, 0.1) is 6.92 Å². The summed E-state index contributed by atoms with van der Waals surface area (Å²) in [5, 5.41) is 3.47. The van der Waals surface area contributed by atoms with Crippen molar-refractivity contribution in [1.82, 2.24) is 0 Å². The molecule has 0 heterocycles. The van der Waals surface area contributed by atoms with Crippen molar-refractivity contribution < 1.29 is 60.1 Å².